The Morgan fingerprint density at radius 3 is 2.15 bits per heavy atom. The summed E-state index contributed by atoms with van der Waals surface area (Å²) in [7, 11) is 0. The van der Waals surface area contributed by atoms with E-state index in [1.807, 2.05) is 5.01 Å². The van der Waals surface area contributed by atoms with Crippen molar-refractivity contribution in [3.63, 3.8) is 0 Å². The lowest BCUT2D eigenvalue weighted by Crippen LogP contribution is -2.44. The summed E-state index contributed by atoms with van der Waals surface area (Å²) in [6, 6.07) is 12.2. The lowest BCUT2D eigenvalue weighted by molar-refractivity contribution is -0.126. The van der Waals surface area contributed by atoms with Gasteiger partial charge in [-0.2, -0.15) is 0 Å². The number of fused-ring (bicyclic) bond motifs is 3. The fourth-order valence-corrected chi connectivity index (χ4v) is 4.74. The zero-order valence-electron chi connectivity index (χ0n) is 14.4. The first-order valence-corrected chi connectivity index (χ1v) is 9.36. The summed E-state index contributed by atoms with van der Waals surface area (Å²) in [4.78, 5) is 27.8. The standard InChI is InChI=1S/C20H17ClFN3O2/c21-13-4-8-15(9-5-13)25-19(26)16-17(12-2-6-14(22)7-3-12)23-10-1-11-24(23)18(16)20(25)27/h2-9,16-18H,1,10-11H2/t16-,17-,18+/m1/s1. The van der Waals surface area contributed by atoms with Crippen LogP contribution in [0.5, 0.6) is 0 Å². The van der Waals surface area contributed by atoms with E-state index in [0.29, 0.717) is 10.7 Å². The van der Waals surface area contributed by atoms with Crippen molar-refractivity contribution >= 4 is 29.1 Å². The molecule has 0 saturated carbocycles. The molecule has 5 nitrogen and oxygen atoms in total. The van der Waals surface area contributed by atoms with Crippen molar-refractivity contribution in [2.24, 2.45) is 5.92 Å². The molecule has 0 unspecified atom stereocenters. The van der Waals surface area contributed by atoms with Crippen LogP contribution in [0.4, 0.5) is 10.1 Å². The average molecular weight is 386 g/mol. The smallest absolute Gasteiger partial charge is 0.253 e. The van der Waals surface area contributed by atoms with Gasteiger partial charge in [0.25, 0.3) is 5.91 Å². The minimum absolute atomic E-state index is 0.205. The molecule has 0 radical (unpaired) electrons. The fraction of sp³-hybridized carbons (Fsp3) is 0.300. The number of hydrazine groups is 1. The quantitative estimate of drug-likeness (QED) is 0.745. The summed E-state index contributed by atoms with van der Waals surface area (Å²) in [6.45, 7) is 1.53. The molecule has 2 aromatic rings. The highest BCUT2D eigenvalue weighted by molar-refractivity contribution is 6.31. The summed E-state index contributed by atoms with van der Waals surface area (Å²) in [6.07, 6.45) is 0.934. The van der Waals surface area contributed by atoms with E-state index >= 15 is 0 Å². The largest absolute Gasteiger partial charge is 0.274 e. The Balaban J connectivity index is 1.57. The third-order valence-corrected chi connectivity index (χ3v) is 5.95. The van der Waals surface area contributed by atoms with Crippen molar-refractivity contribution in [1.82, 2.24) is 10.0 Å². The molecule has 5 rings (SSSR count). The molecule has 3 atom stereocenters. The van der Waals surface area contributed by atoms with Gasteiger partial charge in [0.15, 0.2) is 0 Å². The molecule has 27 heavy (non-hydrogen) atoms. The molecular weight excluding hydrogens is 369 g/mol. The Morgan fingerprint density at radius 1 is 0.852 bits per heavy atom. The lowest BCUT2D eigenvalue weighted by atomic mass is 9.90. The summed E-state index contributed by atoms with van der Waals surface area (Å²) in [5, 5.41) is 4.68. The van der Waals surface area contributed by atoms with Crippen molar-refractivity contribution in [3.8, 4) is 0 Å². The van der Waals surface area contributed by atoms with E-state index in [1.54, 1.807) is 36.4 Å². The molecule has 2 amide bonds. The van der Waals surface area contributed by atoms with Gasteiger partial charge in [-0.05, 0) is 48.4 Å². The molecule has 3 fully saturated rings. The van der Waals surface area contributed by atoms with Gasteiger partial charge in [-0.15, -0.1) is 0 Å². The second kappa shape index (κ2) is 6.12. The minimum atomic E-state index is -0.509. The van der Waals surface area contributed by atoms with E-state index in [2.05, 4.69) is 5.01 Å². The molecular formula is C20H17ClFN3O2. The van der Waals surface area contributed by atoms with Gasteiger partial charge in [0, 0.05) is 18.1 Å². The fourth-order valence-electron chi connectivity index (χ4n) is 4.62. The number of imide groups is 1. The van der Waals surface area contributed by atoms with E-state index < -0.39 is 12.0 Å². The van der Waals surface area contributed by atoms with Crippen LogP contribution in [-0.2, 0) is 9.59 Å². The highest BCUT2D eigenvalue weighted by atomic mass is 35.5. The monoisotopic (exact) mass is 385 g/mol. The summed E-state index contributed by atoms with van der Waals surface area (Å²) >= 11 is 5.94. The number of hydrogen-bond donors (Lipinski definition) is 0. The maximum absolute atomic E-state index is 13.4. The topological polar surface area (TPSA) is 43.9 Å². The van der Waals surface area contributed by atoms with Gasteiger partial charge in [-0.1, -0.05) is 23.7 Å². The van der Waals surface area contributed by atoms with Crippen molar-refractivity contribution in [1.29, 1.82) is 0 Å². The zero-order valence-corrected chi connectivity index (χ0v) is 15.1. The Morgan fingerprint density at radius 2 is 1.48 bits per heavy atom. The summed E-state index contributed by atoms with van der Waals surface area (Å²) in [5.74, 6) is -1.23. The Bertz CT molecular complexity index is 918. The predicted molar refractivity (Wildman–Crippen MR) is 98.4 cm³/mol. The van der Waals surface area contributed by atoms with Gasteiger partial charge in [0.2, 0.25) is 5.91 Å². The van der Waals surface area contributed by atoms with Crippen molar-refractivity contribution < 1.29 is 14.0 Å². The van der Waals surface area contributed by atoms with Crippen LogP contribution in [0, 0.1) is 11.7 Å². The first kappa shape index (κ1) is 16.9. The van der Waals surface area contributed by atoms with Crippen LogP contribution >= 0.6 is 11.6 Å². The molecule has 3 saturated heterocycles. The zero-order chi connectivity index (χ0) is 18.7. The van der Waals surface area contributed by atoms with E-state index in [4.69, 9.17) is 11.6 Å². The minimum Gasteiger partial charge on any atom is -0.274 e. The number of nitrogens with zero attached hydrogens (tertiary/aromatic N) is 3. The summed E-state index contributed by atoms with van der Waals surface area (Å²) in [5.41, 5.74) is 1.39. The van der Waals surface area contributed by atoms with Crippen LogP contribution in [-0.4, -0.2) is 41.0 Å². The van der Waals surface area contributed by atoms with E-state index in [0.717, 1.165) is 25.1 Å². The highest BCUT2D eigenvalue weighted by Crippen LogP contribution is 2.48. The molecule has 0 aliphatic carbocycles. The number of carbonyl (C=O) groups is 2. The lowest BCUT2D eigenvalue weighted by Gasteiger charge is -2.29. The molecule has 3 aliphatic heterocycles. The van der Waals surface area contributed by atoms with Crippen LogP contribution < -0.4 is 4.90 Å². The van der Waals surface area contributed by atoms with E-state index in [1.165, 1.54) is 17.0 Å². The second-order valence-corrected chi connectivity index (χ2v) is 7.57. The van der Waals surface area contributed by atoms with Gasteiger partial charge in [0.05, 0.1) is 17.6 Å². The molecule has 2 aromatic carbocycles. The van der Waals surface area contributed by atoms with E-state index in [9.17, 15) is 14.0 Å². The van der Waals surface area contributed by atoms with Crippen LogP contribution in [0.25, 0.3) is 0 Å². The van der Waals surface area contributed by atoms with Crippen LogP contribution in [0.15, 0.2) is 48.5 Å². The van der Waals surface area contributed by atoms with E-state index in [-0.39, 0.29) is 23.7 Å². The number of amides is 2. The van der Waals surface area contributed by atoms with Gasteiger partial charge in [0.1, 0.15) is 11.9 Å². The van der Waals surface area contributed by atoms with Crippen molar-refractivity contribution in [3.05, 3.63) is 64.9 Å². The predicted octanol–water partition coefficient (Wildman–Crippen LogP) is 3.01. The van der Waals surface area contributed by atoms with Crippen LogP contribution in [0.2, 0.25) is 5.02 Å². The Hall–Kier alpha value is -2.28. The molecule has 138 valence electrons. The summed E-state index contributed by atoms with van der Waals surface area (Å²) < 4.78 is 13.4. The third kappa shape index (κ3) is 2.44. The normalized spacial score (nSPS) is 28.1. The SMILES string of the molecule is O=C1[C@H]2[C@@H](C(=O)N1c1ccc(Cl)cc1)N1CCCN1[C@@H]2c1ccc(F)cc1. The second-order valence-electron chi connectivity index (χ2n) is 7.14. The van der Waals surface area contributed by atoms with Gasteiger partial charge in [-0.3, -0.25) is 9.59 Å². The number of benzene rings is 2. The van der Waals surface area contributed by atoms with Gasteiger partial charge < -0.3 is 0 Å². The number of hydrogen-bond acceptors (Lipinski definition) is 4. The number of rotatable bonds is 2. The first-order valence-electron chi connectivity index (χ1n) is 8.98. The van der Waals surface area contributed by atoms with Gasteiger partial charge in [-0.25, -0.2) is 19.3 Å². The van der Waals surface area contributed by atoms with Crippen LogP contribution in [0.1, 0.15) is 18.0 Å². The molecule has 0 N–H and O–H groups in total. The first-order chi connectivity index (χ1) is 13.1. The van der Waals surface area contributed by atoms with Crippen molar-refractivity contribution in [2.45, 2.75) is 18.5 Å². The Labute approximate surface area is 160 Å². The van der Waals surface area contributed by atoms with Crippen molar-refractivity contribution in [2.75, 3.05) is 18.0 Å². The Kier molecular flexibility index (Phi) is 3.82. The molecule has 3 heterocycles. The number of carbonyl (C=O) groups excluding carboxylic acids is 2. The molecule has 3 aliphatic rings. The van der Waals surface area contributed by atoms with Gasteiger partial charge >= 0.3 is 0 Å². The molecule has 0 bridgehead atoms. The molecule has 0 aromatic heterocycles. The highest BCUT2D eigenvalue weighted by Gasteiger charge is 2.62. The average Bonchev–Trinajstić information content (AvgIpc) is 3.30. The maximum atomic E-state index is 13.4. The maximum Gasteiger partial charge on any atom is 0.253 e. The number of anilines is 1. The molecule has 7 heteroatoms. The third-order valence-electron chi connectivity index (χ3n) is 5.70. The van der Waals surface area contributed by atoms with Crippen LogP contribution in [0.3, 0.4) is 0 Å². The molecule has 0 spiro atoms. The number of halogens is 2.